The number of halogens is 1. The smallest absolute Gasteiger partial charge is 0.414 e. The highest BCUT2D eigenvalue weighted by molar-refractivity contribution is 5.90. The minimum Gasteiger partial charge on any atom is -0.442 e. The quantitative estimate of drug-likeness (QED) is 0.625. The van der Waals surface area contributed by atoms with Crippen molar-refractivity contribution in [2.75, 3.05) is 24.5 Å². The van der Waals surface area contributed by atoms with Crippen LogP contribution >= 0.6 is 0 Å². The van der Waals surface area contributed by atoms with Crippen LogP contribution in [0.2, 0.25) is 0 Å². The molecular weight excluding hydrogens is 413 g/mol. The monoisotopic (exact) mass is 435 g/mol. The molecule has 4 atom stereocenters. The van der Waals surface area contributed by atoms with E-state index in [0.717, 1.165) is 18.8 Å². The van der Waals surface area contributed by atoms with Crippen molar-refractivity contribution >= 4 is 11.8 Å². The molecule has 3 N–H and O–H groups in total. The van der Waals surface area contributed by atoms with Gasteiger partial charge < -0.3 is 15.8 Å². The molecule has 2 saturated heterocycles. The summed E-state index contributed by atoms with van der Waals surface area (Å²) in [6, 6.07) is 8.48. The van der Waals surface area contributed by atoms with Crippen molar-refractivity contribution in [2.45, 2.75) is 18.2 Å². The second kappa shape index (κ2) is 7.07. The summed E-state index contributed by atoms with van der Waals surface area (Å²) in [7, 11) is 0. The van der Waals surface area contributed by atoms with Crippen molar-refractivity contribution in [3.8, 4) is 11.1 Å². The molecule has 1 aliphatic carbocycles. The van der Waals surface area contributed by atoms with Gasteiger partial charge in [0.15, 0.2) is 0 Å². The number of cyclic esters (lactones) is 1. The second-order valence-corrected chi connectivity index (χ2v) is 8.64. The Morgan fingerprint density at radius 1 is 1.25 bits per heavy atom. The molecule has 0 radical (unpaired) electrons. The van der Waals surface area contributed by atoms with Crippen LogP contribution in [0, 0.1) is 17.7 Å². The number of anilines is 1. The van der Waals surface area contributed by atoms with E-state index >= 15 is 0 Å². The number of pyridine rings is 1. The van der Waals surface area contributed by atoms with Crippen LogP contribution in [0.15, 0.2) is 48.9 Å². The number of benzene rings is 1. The molecule has 1 unspecified atom stereocenters. The molecule has 0 bridgehead atoms. The molecule has 10 heteroatoms. The van der Waals surface area contributed by atoms with E-state index in [1.807, 2.05) is 12.1 Å². The van der Waals surface area contributed by atoms with Crippen molar-refractivity contribution in [2.24, 2.45) is 17.6 Å². The summed E-state index contributed by atoms with van der Waals surface area (Å²) in [6.45, 7) is 2.53. The van der Waals surface area contributed by atoms with Crippen molar-refractivity contribution < 1.29 is 13.9 Å². The fourth-order valence-electron chi connectivity index (χ4n) is 5.04. The SMILES string of the molecule is N[C@@]1(c2ccc(-c3ccc(N4C[C@H](Cn5ccnn5)OC4=O)cc3F)cn2)C2CNC[C@H]21. The maximum absolute atomic E-state index is 15.0. The fraction of sp³-hybridized carbons (Fsp3) is 0.364. The minimum absolute atomic E-state index is 0.309. The van der Waals surface area contributed by atoms with E-state index in [-0.39, 0.29) is 11.6 Å². The van der Waals surface area contributed by atoms with Crippen LogP contribution in [0.3, 0.4) is 0 Å². The first-order valence-corrected chi connectivity index (χ1v) is 10.6. The van der Waals surface area contributed by atoms with Gasteiger partial charge in [0, 0.05) is 48.4 Å². The fourth-order valence-corrected chi connectivity index (χ4v) is 5.04. The molecule has 1 amide bonds. The van der Waals surface area contributed by atoms with Gasteiger partial charge in [0.25, 0.3) is 0 Å². The second-order valence-electron chi connectivity index (χ2n) is 8.64. The van der Waals surface area contributed by atoms with Gasteiger partial charge in [-0.1, -0.05) is 11.3 Å². The predicted molar refractivity (Wildman–Crippen MR) is 113 cm³/mol. The summed E-state index contributed by atoms with van der Waals surface area (Å²) in [6.07, 6.45) is 4.03. The molecule has 0 spiro atoms. The van der Waals surface area contributed by atoms with E-state index < -0.39 is 11.9 Å². The zero-order chi connectivity index (χ0) is 21.9. The van der Waals surface area contributed by atoms with E-state index in [1.54, 1.807) is 35.4 Å². The first kappa shape index (κ1) is 19.3. The number of rotatable bonds is 5. The third kappa shape index (κ3) is 2.98. The van der Waals surface area contributed by atoms with Gasteiger partial charge in [-0.3, -0.25) is 9.88 Å². The molecule has 3 aliphatic rings. The lowest BCUT2D eigenvalue weighted by atomic mass is 10.0. The van der Waals surface area contributed by atoms with Gasteiger partial charge in [-0.15, -0.1) is 5.10 Å². The van der Waals surface area contributed by atoms with Crippen LogP contribution in [-0.4, -0.2) is 51.8 Å². The van der Waals surface area contributed by atoms with Gasteiger partial charge in [0.1, 0.15) is 11.9 Å². The Morgan fingerprint density at radius 3 is 2.78 bits per heavy atom. The van der Waals surface area contributed by atoms with E-state index in [9.17, 15) is 9.18 Å². The van der Waals surface area contributed by atoms with E-state index in [2.05, 4.69) is 20.6 Å². The van der Waals surface area contributed by atoms with Crippen LogP contribution in [0.1, 0.15) is 5.69 Å². The van der Waals surface area contributed by atoms with Gasteiger partial charge in [0.05, 0.1) is 36.2 Å². The van der Waals surface area contributed by atoms with Gasteiger partial charge in [0.2, 0.25) is 0 Å². The molecule has 9 nitrogen and oxygen atoms in total. The molecule has 1 saturated carbocycles. The Morgan fingerprint density at radius 2 is 2.09 bits per heavy atom. The molecular formula is C22H22FN7O2. The van der Waals surface area contributed by atoms with Crippen molar-refractivity contribution in [3.63, 3.8) is 0 Å². The summed E-state index contributed by atoms with van der Waals surface area (Å²) in [5.41, 5.74) is 8.57. The van der Waals surface area contributed by atoms with Gasteiger partial charge >= 0.3 is 6.09 Å². The highest BCUT2D eigenvalue weighted by atomic mass is 19.1. The minimum atomic E-state index is -0.508. The number of hydrogen-bond acceptors (Lipinski definition) is 7. The standard InChI is InChI=1S/C22H22FN7O2/c23-19-7-14(30-12-15(32-21(30)31)11-29-6-5-27-28-29)2-3-16(19)13-1-4-20(26-8-13)22(24)17-9-25-10-18(17)22/h1-8,15,17-18,25H,9-12,24H2/t15-,17+,18?,22+/m0/s1. The lowest BCUT2D eigenvalue weighted by molar-refractivity contribution is 0.129. The number of hydrogen-bond donors (Lipinski definition) is 2. The number of fused-ring (bicyclic) bond motifs is 1. The van der Waals surface area contributed by atoms with Crippen LogP contribution in [0.4, 0.5) is 14.9 Å². The molecule has 3 aromatic rings. The number of piperidine rings is 1. The topological polar surface area (TPSA) is 111 Å². The van der Waals surface area contributed by atoms with E-state index in [4.69, 9.17) is 10.5 Å². The molecule has 32 heavy (non-hydrogen) atoms. The number of nitrogens with two attached hydrogens (primary N) is 1. The van der Waals surface area contributed by atoms with Crippen molar-refractivity contribution in [3.05, 3.63) is 60.4 Å². The molecule has 2 aromatic heterocycles. The molecule has 1 aromatic carbocycles. The summed E-state index contributed by atoms with van der Waals surface area (Å²) < 4.78 is 22.0. The van der Waals surface area contributed by atoms with E-state index in [1.165, 1.54) is 11.0 Å². The Labute approximate surface area is 183 Å². The summed E-state index contributed by atoms with van der Waals surface area (Å²) >= 11 is 0. The Bertz CT molecular complexity index is 1160. The zero-order valence-corrected chi connectivity index (χ0v) is 17.2. The van der Waals surface area contributed by atoms with Gasteiger partial charge in [-0.05, 0) is 24.3 Å². The molecule has 6 rings (SSSR count). The highest BCUT2D eigenvalue weighted by Gasteiger charge is 2.65. The maximum Gasteiger partial charge on any atom is 0.414 e. The summed E-state index contributed by atoms with van der Waals surface area (Å²) in [4.78, 5) is 18.3. The average molecular weight is 435 g/mol. The predicted octanol–water partition coefficient (Wildman–Crippen LogP) is 1.51. The lowest BCUT2D eigenvalue weighted by Gasteiger charge is -2.16. The van der Waals surface area contributed by atoms with Gasteiger partial charge in [-0.2, -0.15) is 0 Å². The van der Waals surface area contributed by atoms with E-state index in [0.29, 0.717) is 41.7 Å². The number of aromatic nitrogens is 4. The molecule has 3 fully saturated rings. The molecule has 2 aliphatic heterocycles. The number of amides is 1. The maximum atomic E-state index is 15.0. The number of carbonyl (C=O) groups is 1. The Balaban J connectivity index is 1.19. The van der Waals surface area contributed by atoms with Crippen LogP contribution in [-0.2, 0) is 16.8 Å². The van der Waals surface area contributed by atoms with Crippen LogP contribution in [0.5, 0.6) is 0 Å². The Kier molecular flexibility index (Phi) is 4.27. The Hall–Kier alpha value is -3.37. The van der Waals surface area contributed by atoms with Crippen LogP contribution < -0.4 is 16.0 Å². The first-order valence-electron chi connectivity index (χ1n) is 10.6. The summed E-state index contributed by atoms with van der Waals surface area (Å²) in [5.74, 6) is 0.412. The normalized spacial score (nSPS) is 28.6. The number of ether oxygens (including phenoxy) is 1. The summed E-state index contributed by atoms with van der Waals surface area (Å²) in [5, 5.41) is 11.0. The lowest BCUT2D eigenvalue weighted by Crippen LogP contribution is -2.33. The van der Waals surface area contributed by atoms with Gasteiger partial charge in [-0.25, -0.2) is 13.9 Å². The third-order valence-electron chi connectivity index (χ3n) is 6.85. The van der Waals surface area contributed by atoms with Crippen molar-refractivity contribution in [1.29, 1.82) is 0 Å². The molecule has 4 heterocycles. The van der Waals surface area contributed by atoms with Crippen LogP contribution in [0.25, 0.3) is 11.1 Å². The largest absolute Gasteiger partial charge is 0.442 e. The zero-order valence-electron chi connectivity index (χ0n) is 17.2. The first-order chi connectivity index (χ1) is 15.5. The number of carbonyl (C=O) groups excluding carboxylic acids is 1. The number of nitrogens with one attached hydrogen (secondary N) is 1. The third-order valence-corrected chi connectivity index (χ3v) is 6.85. The number of nitrogens with zero attached hydrogens (tertiary/aromatic N) is 5. The highest BCUT2D eigenvalue weighted by Crippen LogP contribution is 2.57. The molecule has 164 valence electrons. The van der Waals surface area contributed by atoms with Crippen molar-refractivity contribution in [1.82, 2.24) is 25.3 Å². The average Bonchev–Trinajstić information content (AvgIpc) is 3.36.